The molecule has 9 heteroatoms. The first kappa shape index (κ1) is 21.5. The van der Waals surface area contributed by atoms with Gasteiger partial charge >= 0.3 is 0 Å². The molecule has 0 heterocycles. The Morgan fingerprint density at radius 1 is 0.852 bits per heavy atom. The number of aryl methyl sites for hydroxylation is 2. The van der Waals surface area contributed by atoms with Gasteiger partial charge in [-0.05, 0) is 44.0 Å². The Morgan fingerprint density at radius 3 is 2.11 bits per heavy atom. The number of hydrogen-bond donors (Lipinski definition) is 0. The summed E-state index contributed by atoms with van der Waals surface area (Å²) in [5.41, 5.74) is 2.14. The highest BCUT2D eigenvalue weighted by Crippen LogP contribution is 2.18. The minimum absolute atomic E-state index is 0.0103. The van der Waals surface area contributed by atoms with Gasteiger partial charge in [-0.1, -0.05) is 35.4 Å². The lowest BCUT2D eigenvalue weighted by atomic mass is 10.1. The topological polar surface area (TPSA) is 110 Å². The van der Waals surface area contributed by atoms with Crippen LogP contribution in [0.4, 0.5) is 0 Å². The minimum atomic E-state index is -4.56. The monoisotopic (exact) mass is 413 g/mol. The summed E-state index contributed by atoms with van der Waals surface area (Å²) in [4.78, 5) is -0.201. The fraction of sp³-hybridized carbons (Fsp3) is 0.333. The van der Waals surface area contributed by atoms with E-state index in [-0.39, 0.29) is 36.0 Å². The third-order valence-corrected chi connectivity index (χ3v) is 6.04. The lowest BCUT2D eigenvalue weighted by Crippen LogP contribution is -2.13. The van der Waals surface area contributed by atoms with Crippen LogP contribution in [0, 0.1) is 13.8 Å². The highest BCUT2D eigenvalue weighted by atomic mass is 32.2. The van der Waals surface area contributed by atoms with E-state index in [9.17, 15) is 21.4 Å². The molecule has 0 N–H and O–H groups in total. The van der Waals surface area contributed by atoms with Crippen molar-refractivity contribution in [2.75, 3.05) is 19.8 Å². The van der Waals surface area contributed by atoms with Crippen LogP contribution >= 0.6 is 0 Å². The van der Waals surface area contributed by atoms with Crippen LogP contribution in [0.5, 0.6) is 0 Å². The molecule has 0 aliphatic rings. The van der Waals surface area contributed by atoms with E-state index >= 15 is 0 Å². The molecule has 0 aliphatic heterocycles. The summed E-state index contributed by atoms with van der Waals surface area (Å²) in [5.74, 6) is 0. The molecular formula is C18H21O7S2-. The first-order valence-electron chi connectivity index (χ1n) is 8.19. The molecule has 0 atom stereocenters. The molecule has 0 aromatic heterocycles. The summed E-state index contributed by atoms with van der Waals surface area (Å²) in [6, 6.07) is 10.7. The standard InChI is InChI=1S/C18H22O7S2/c1-14-3-6-17(7-4-14)27(22,23)25-12-11-24-10-9-16-13-15(2)5-8-18(16)26(19,20)21/h3-8,13H,9-12H2,1-2H3,(H,19,20,21)/p-1. The summed E-state index contributed by atoms with van der Waals surface area (Å²) in [7, 11) is -8.41. The maximum absolute atomic E-state index is 12.0. The van der Waals surface area contributed by atoms with Crippen LogP contribution in [0.15, 0.2) is 52.3 Å². The van der Waals surface area contributed by atoms with Crippen molar-refractivity contribution < 1.29 is 30.3 Å². The van der Waals surface area contributed by atoms with Crippen LogP contribution in [0.3, 0.4) is 0 Å². The normalized spacial score (nSPS) is 12.3. The van der Waals surface area contributed by atoms with Crippen LogP contribution in [0.1, 0.15) is 16.7 Å². The van der Waals surface area contributed by atoms with Crippen LogP contribution in [-0.4, -0.2) is 41.2 Å². The molecular weight excluding hydrogens is 392 g/mol. The summed E-state index contributed by atoms with van der Waals surface area (Å²) in [5, 5.41) is 0. The molecule has 0 spiro atoms. The van der Waals surface area contributed by atoms with Gasteiger partial charge < -0.3 is 9.29 Å². The maximum Gasteiger partial charge on any atom is 0.297 e. The van der Waals surface area contributed by atoms with Crippen molar-refractivity contribution in [1.82, 2.24) is 0 Å². The average molecular weight is 413 g/mol. The second kappa shape index (κ2) is 8.94. The fourth-order valence-electron chi connectivity index (χ4n) is 2.41. The van der Waals surface area contributed by atoms with Crippen molar-refractivity contribution in [3.8, 4) is 0 Å². The van der Waals surface area contributed by atoms with Gasteiger partial charge in [0, 0.05) is 0 Å². The quantitative estimate of drug-likeness (QED) is 0.352. The molecule has 0 bridgehead atoms. The zero-order valence-electron chi connectivity index (χ0n) is 15.0. The first-order chi connectivity index (χ1) is 12.6. The Kier molecular flexibility index (Phi) is 7.12. The summed E-state index contributed by atoms with van der Waals surface area (Å²) < 4.78 is 68.1. The molecule has 0 unspecified atom stereocenters. The van der Waals surface area contributed by atoms with E-state index in [0.717, 1.165) is 11.1 Å². The minimum Gasteiger partial charge on any atom is -0.744 e. The molecule has 0 aliphatic carbocycles. The van der Waals surface area contributed by atoms with Crippen molar-refractivity contribution in [1.29, 1.82) is 0 Å². The van der Waals surface area contributed by atoms with Gasteiger partial charge in [0.15, 0.2) is 0 Å². The van der Waals surface area contributed by atoms with Gasteiger partial charge in [0.25, 0.3) is 10.1 Å². The van der Waals surface area contributed by atoms with E-state index in [0.29, 0.717) is 5.56 Å². The molecule has 0 fully saturated rings. The molecule has 0 saturated carbocycles. The van der Waals surface area contributed by atoms with E-state index < -0.39 is 20.2 Å². The van der Waals surface area contributed by atoms with Crippen molar-refractivity contribution >= 4 is 20.2 Å². The van der Waals surface area contributed by atoms with Crippen LogP contribution in [0.25, 0.3) is 0 Å². The van der Waals surface area contributed by atoms with Crippen molar-refractivity contribution in [3.63, 3.8) is 0 Å². The lowest BCUT2D eigenvalue weighted by Gasteiger charge is -2.14. The Hall–Kier alpha value is -1.78. The lowest BCUT2D eigenvalue weighted by molar-refractivity contribution is 0.104. The van der Waals surface area contributed by atoms with Crippen LogP contribution in [0.2, 0.25) is 0 Å². The molecule has 148 valence electrons. The molecule has 2 aromatic carbocycles. The van der Waals surface area contributed by atoms with Crippen LogP contribution in [-0.2, 0) is 35.6 Å². The van der Waals surface area contributed by atoms with Gasteiger partial charge in [-0.2, -0.15) is 8.42 Å². The molecule has 2 rings (SSSR count). The van der Waals surface area contributed by atoms with Gasteiger partial charge in [0.1, 0.15) is 10.1 Å². The predicted molar refractivity (Wildman–Crippen MR) is 98.0 cm³/mol. The Bertz CT molecular complexity index is 979. The van der Waals surface area contributed by atoms with Gasteiger partial charge in [-0.3, -0.25) is 4.18 Å². The van der Waals surface area contributed by atoms with Crippen LogP contribution < -0.4 is 0 Å². The number of rotatable bonds is 9. The number of ether oxygens (including phenoxy) is 1. The number of benzene rings is 2. The molecule has 7 nitrogen and oxygen atoms in total. The molecule has 27 heavy (non-hydrogen) atoms. The van der Waals surface area contributed by atoms with Gasteiger partial charge in [0.2, 0.25) is 0 Å². The highest BCUT2D eigenvalue weighted by molar-refractivity contribution is 7.86. The highest BCUT2D eigenvalue weighted by Gasteiger charge is 2.14. The maximum atomic E-state index is 12.0. The number of hydrogen-bond acceptors (Lipinski definition) is 7. The van der Waals surface area contributed by atoms with Gasteiger partial charge in [-0.25, -0.2) is 8.42 Å². The summed E-state index contributed by atoms with van der Waals surface area (Å²) >= 11 is 0. The Balaban J connectivity index is 1.83. The van der Waals surface area contributed by atoms with E-state index in [1.165, 1.54) is 18.2 Å². The fourth-order valence-corrected chi connectivity index (χ4v) is 4.02. The third-order valence-electron chi connectivity index (χ3n) is 3.78. The van der Waals surface area contributed by atoms with Gasteiger partial charge in [-0.15, -0.1) is 0 Å². The summed E-state index contributed by atoms with van der Waals surface area (Å²) in [6.07, 6.45) is 0.212. The second-order valence-electron chi connectivity index (χ2n) is 6.02. The van der Waals surface area contributed by atoms with E-state index in [2.05, 4.69) is 0 Å². The molecule has 0 saturated heterocycles. The smallest absolute Gasteiger partial charge is 0.297 e. The van der Waals surface area contributed by atoms with E-state index in [4.69, 9.17) is 8.92 Å². The zero-order valence-corrected chi connectivity index (χ0v) is 16.7. The molecule has 2 aromatic rings. The third kappa shape index (κ3) is 6.40. The van der Waals surface area contributed by atoms with Gasteiger partial charge in [0.05, 0.1) is 29.6 Å². The summed E-state index contributed by atoms with van der Waals surface area (Å²) in [6.45, 7) is 3.60. The largest absolute Gasteiger partial charge is 0.744 e. The van der Waals surface area contributed by atoms with E-state index in [1.54, 1.807) is 31.2 Å². The van der Waals surface area contributed by atoms with Crippen molar-refractivity contribution in [2.45, 2.75) is 30.1 Å². The zero-order chi connectivity index (χ0) is 20.1. The SMILES string of the molecule is Cc1ccc(S(=O)(=O)OCCOCCc2cc(C)ccc2S(=O)(=O)[O-])cc1. The Labute approximate surface area is 159 Å². The average Bonchev–Trinajstić information content (AvgIpc) is 2.57. The molecule has 0 amide bonds. The van der Waals surface area contributed by atoms with E-state index in [1.807, 2.05) is 6.92 Å². The predicted octanol–water partition coefficient (Wildman–Crippen LogP) is 2.17. The molecule has 0 radical (unpaired) electrons. The second-order valence-corrected chi connectivity index (χ2v) is 8.98. The van der Waals surface area contributed by atoms with Crippen molar-refractivity contribution in [3.05, 3.63) is 59.2 Å². The van der Waals surface area contributed by atoms with Crippen molar-refractivity contribution in [2.24, 2.45) is 0 Å². The Morgan fingerprint density at radius 2 is 1.48 bits per heavy atom. The first-order valence-corrected chi connectivity index (χ1v) is 11.0.